The molecule has 1 aromatic carbocycles. The second-order valence-corrected chi connectivity index (χ2v) is 21.9. The van der Waals surface area contributed by atoms with Crippen LogP contribution in [0.1, 0.15) is 61.0 Å². The van der Waals surface area contributed by atoms with Crippen LogP contribution in [-0.2, 0) is 20.2 Å². The minimum absolute atomic E-state index is 0.0499. The Balaban J connectivity index is 3.13. The Labute approximate surface area is 201 Å². The molecule has 0 amide bonds. The third-order valence-electron chi connectivity index (χ3n) is 7.42. The SMILES string of the molecule is C=C(C)[C@@H](O[Si](C)(C)C(C)(C)C)[C@H](C)[C@H](COCc1ccccc1)O[Si](C)(C)C(C)(C)C. The first-order valence-corrected chi connectivity index (χ1v) is 17.8. The summed E-state index contributed by atoms with van der Waals surface area (Å²) in [6.45, 7) is 32.7. The summed E-state index contributed by atoms with van der Waals surface area (Å²) in [4.78, 5) is 0. The summed E-state index contributed by atoms with van der Waals surface area (Å²) >= 11 is 0. The zero-order chi connectivity index (χ0) is 25.0. The molecule has 0 aromatic heterocycles. The molecule has 0 bridgehead atoms. The lowest BCUT2D eigenvalue weighted by molar-refractivity contribution is -0.0174. The van der Waals surface area contributed by atoms with Crippen LogP contribution in [0.3, 0.4) is 0 Å². The summed E-state index contributed by atoms with van der Waals surface area (Å²) in [6.07, 6.45) is -0.0999. The van der Waals surface area contributed by atoms with Gasteiger partial charge in [-0.05, 0) is 48.8 Å². The molecule has 0 unspecified atom stereocenters. The standard InChI is InChI=1S/C27H50O3Si2/c1-21(2)25(30-32(12,13)27(7,8)9)22(3)24(29-31(10,11)26(4,5)6)20-28-19-23-17-15-14-16-18-23/h14-18,22,24-25H,1,19-20H2,2-13H3/t22-,24+,25-/m1/s1. The van der Waals surface area contributed by atoms with Crippen molar-refractivity contribution in [2.75, 3.05) is 6.61 Å². The molecule has 0 aliphatic carbocycles. The minimum Gasteiger partial charge on any atom is -0.411 e. The molecule has 184 valence electrons. The van der Waals surface area contributed by atoms with Gasteiger partial charge >= 0.3 is 0 Å². The maximum absolute atomic E-state index is 6.94. The van der Waals surface area contributed by atoms with Crippen molar-refractivity contribution in [1.82, 2.24) is 0 Å². The molecule has 0 fully saturated rings. The monoisotopic (exact) mass is 478 g/mol. The van der Waals surface area contributed by atoms with Crippen LogP contribution in [0.25, 0.3) is 0 Å². The number of hydrogen-bond donors (Lipinski definition) is 0. The predicted molar refractivity (Wildman–Crippen MR) is 144 cm³/mol. The van der Waals surface area contributed by atoms with Gasteiger partial charge < -0.3 is 13.6 Å². The molecule has 0 saturated heterocycles. The van der Waals surface area contributed by atoms with Gasteiger partial charge in [0.1, 0.15) is 0 Å². The Bertz CT molecular complexity index is 715. The molecule has 5 heteroatoms. The van der Waals surface area contributed by atoms with Crippen LogP contribution in [-0.4, -0.2) is 35.4 Å². The van der Waals surface area contributed by atoms with E-state index in [4.69, 9.17) is 13.6 Å². The molecule has 1 rings (SSSR count). The molecule has 0 aliphatic heterocycles. The lowest BCUT2D eigenvalue weighted by atomic mass is 9.94. The van der Waals surface area contributed by atoms with Crippen molar-refractivity contribution in [3.63, 3.8) is 0 Å². The first-order chi connectivity index (χ1) is 14.4. The van der Waals surface area contributed by atoms with Gasteiger partial charge in [-0.25, -0.2) is 0 Å². The van der Waals surface area contributed by atoms with Crippen LogP contribution in [0.15, 0.2) is 42.5 Å². The Morgan fingerprint density at radius 1 is 0.875 bits per heavy atom. The van der Waals surface area contributed by atoms with Gasteiger partial charge in [0.15, 0.2) is 16.6 Å². The molecular weight excluding hydrogens is 428 g/mol. The van der Waals surface area contributed by atoms with Crippen molar-refractivity contribution < 1.29 is 13.6 Å². The second kappa shape index (κ2) is 11.1. The Morgan fingerprint density at radius 2 is 1.34 bits per heavy atom. The molecule has 1 aromatic rings. The molecule has 0 spiro atoms. The average Bonchev–Trinajstić information content (AvgIpc) is 2.63. The van der Waals surface area contributed by atoms with Gasteiger partial charge in [-0.15, -0.1) is 0 Å². The van der Waals surface area contributed by atoms with E-state index < -0.39 is 16.6 Å². The van der Waals surface area contributed by atoms with Gasteiger partial charge in [0.25, 0.3) is 0 Å². The molecule has 0 saturated carbocycles. The van der Waals surface area contributed by atoms with E-state index in [-0.39, 0.29) is 28.2 Å². The van der Waals surface area contributed by atoms with Crippen molar-refractivity contribution in [2.24, 2.45) is 5.92 Å². The fourth-order valence-electron chi connectivity index (χ4n) is 3.06. The summed E-state index contributed by atoms with van der Waals surface area (Å²) in [5.74, 6) is 0.145. The van der Waals surface area contributed by atoms with Gasteiger partial charge in [-0.2, -0.15) is 0 Å². The van der Waals surface area contributed by atoms with Crippen molar-refractivity contribution in [2.45, 2.75) is 110 Å². The Hall–Kier alpha value is -0.726. The quantitative estimate of drug-likeness (QED) is 0.237. The normalized spacial score (nSPS) is 16.5. The Morgan fingerprint density at radius 3 is 1.78 bits per heavy atom. The van der Waals surface area contributed by atoms with Crippen molar-refractivity contribution in [3.8, 4) is 0 Å². The highest BCUT2D eigenvalue weighted by Crippen LogP contribution is 2.41. The lowest BCUT2D eigenvalue weighted by Crippen LogP contribution is -2.51. The molecule has 0 N–H and O–H groups in total. The molecule has 32 heavy (non-hydrogen) atoms. The number of benzene rings is 1. The van der Waals surface area contributed by atoms with E-state index in [9.17, 15) is 0 Å². The second-order valence-electron chi connectivity index (χ2n) is 12.4. The van der Waals surface area contributed by atoms with Crippen LogP contribution >= 0.6 is 0 Å². The highest BCUT2D eigenvalue weighted by atomic mass is 28.4. The number of hydrogen-bond acceptors (Lipinski definition) is 3. The smallest absolute Gasteiger partial charge is 0.192 e. The van der Waals surface area contributed by atoms with E-state index in [0.717, 1.165) is 5.57 Å². The van der Waals surface area contributed by atoms with Crippen molar-refractivity contribution in [1.29, 1.82) is 0 Å². The maximum Gasteiger partial charge on any atom is 0.192 e. The topological polar surface area (TPSA) is 27.7 Å². The largest absolute Gasteiger partial charge is 0.411 e. The van der Waals surface area contributed by atoms with Gasteiger partial charge in [0.05, 0.1) is 25.4 Å². The summed E-state index contributed by atoms with van der Waals surface area (Å²) in [6, 6.07) is 10.3. The van der Waals surface area contributed by atoms with Crippen molar-refractivity contribution >= 4 is 16.6 Å². The van der Waals surface area contributed by atoms with Crippen LogP contribution in [0.5, 0.6) is 0 Å². The van der Waals surface area contributed by atoms with Crippen LogP contribution in [0.4, 0.5) is 0 Å². The Kier molecular flexibility index (Phi) is 10.2. The molecule has 3 nitrogen and oxygen atoms in total. The third kappa shape index (κ3) is 8.25. The van der Waals surface area contributed by atoms with E-state index in [0.29, 0.717) is 13.2 Å². The van der Waals surface area contributed by atoms with Crippen LogP contribution in [0.2, 0.25) is 36.3 Å². The van der Waals surface area contributed by atoms with Crippen LogP contribution < -0.4 is 0 Å². The molecule has 0 radical (unpaired) electrons. The van der Waals surface area contributed by atoms with Gasteiger partial charge in [-0.3, -0.25) is 0 Å². The molecule has 0 heterocycles. The molecular formula is C27H50O3Si2. The highest BCUT2D eigenvalue weighted by Gasteiger charge is 2.44. The molecule has 3 atom stereocenters. The summed E-state index contributed by atoms with van der Waals surface area (Å²) < 4.78 is 20.0. The highest BCUT2D eigenvalue weighted by molar-refractivity contribution is 6.74. The summed E-state index contributed by atoms with van der Waals surface area (Å²) in [7, 11) is -3.95. The number of ether oxygens (including phenoxy) is 1. The number of rotatable bonds is 11. The van der Waals surface area contributed by atoms with E-state index in [1.807, 2.05) is 6.07 Å². The zero-order valence-electron chi connectivity index (χ0n) is 23.0. The summed E-state index contributed by atoms with van der Waals surface area (Å²) in [5.41, 5.74) is 2.24. The third-order valence-corrected chi connectivity index (χ3v) is 16.4. The molecule has 0 aliphatic rings. The van der Waals surface area contributed by atoms with Gasteiger partial charge in [0.2, 0.25) is 0 Å². The van der Waals surface area contributed by atoms with Crippen molar-refractivity contribution in [3.05, 3.63) is 48.0 Å². The summed E-state index contributed by atoms with van der Waals surface area (Å²) in [5, 5.41) is 0.267. The van der Waals surface area contributed by atoms with E-state index in [2.05, 4.69) is 112 Å². The van der Waals surface area contributed by atoms with Gasteiger partial charge in [-0.1, -0.05) is 91.0 Å². The first kappa shape index (κ1) is 29.3. The first-order valence-electron chi connectivity index (χ1n) is 12.0. The van der Waals surface area contributed by atoms with Crippen LogP contribution in [0, 0.1) is 5.92 Å². The predicted octanol–water partition coefficient (Wildman–Crippen LogP) is 8.20. The maximum atomic E-state index is 6.94. The van der Waals surface area contributed by atoms with E-state index >= 15 is 0 Å². The zero-order valence-corrected chi connectivity index (χ0v) is 25.0. The fraction of sp³-hybridized carbons (Fsp3) is 0.704. The minimum atomic E-state index is -1.99. The van der Waals surface area contributed by atoms with E-state index in [1.54, 1.807) is 0 Å². The fourth-order valence-corrected chi connectivity index (χ4v) is 5.86. The lowest BCUT2D eigenvalue weighted by Gasteiger charge is -2.45. The van der Waals surface area contributed by atoms with Gasteiger partial charge in [0, 0.05) is 5.92 Å². The average molecular weight is 479 g/mol. The van der Waals surface area contributed by atoms with E-state index in [1.165, 1.54) is 5.56 Å².